The van der Waals surface area contributed by atoms with Crippen LogP contribution < -0.4 is 5.32 Å². The third-order valence-electron chi connectivity index (χ3n) is 2.43. The number of halogens is 3. The Labute approximate surface area is 134 Å². The highest BCUT2D eigenvalue weighted by Gasteiger charge is 2.12. The molecule has 0 spiro atoms. The van der Waals surface area contributed by atoms with Crippen molar-refractivity contribution in [1.29, 1.82) is 0 Å². The molecule has 0 unspecified atom stereocenters. The summed E-state index contributed by atoms with van der Waals surface area (Å²) in [6.07, 6.45) is 1.71. The van der Waals surface area contributed by atoms with Crippen LogP contribution in [0.25, 0.3) is 11.0 Å². The maximum Gasteiger partial charge on any atom is 0.144 e. The van der Waals surface area contributed by atoms with Crippen molar-refractivity contribution in [3.05, 3.63) is 38.4 Å². The fourth-order valence-electron chi connectivity index (χ4n) is 1.57. The van der Waals surface area contributed by atoms with Crippen LogP contribution in [0.2, 0.25) is 5.02 Å². The van der Waals surface area contributed by atoms with Gasteiger partial charge in [0.15, 0.2) is 0 Å². The fourth-order valence-corrected chi connectivity index (χ4v) is 3.40. The molecule has 0 radical (unpaired) electrons. The molecule has 0 saturated heterocycles. The van der Waals surface area contributed by atoms with E-state index in [-0.39, 0.29) is 0 Å². The number of benzene rings is 1. The van der Waals surface area contributed by atoms with Crippen LogP contribution in [0.3, 0.4) is 0 Å². The summed E-state index contributed by atoms with van der Waals surface area (Å²) in [5.41, 5.74) is 2.27. The van der Waals surface area contributed by atoms with Gasteiger partial charge in [-0.15, -0.1) is 0 Å². The largest absolute Gasteiger partial charge is 0.336 e. The Morgan fingerprint density at radius 1 is 1.21 bits per heavy atom. The molecule has 0 aliphatic carbocycles. The predicted molar refractivity (Wildman–Crippen MR) is 85.3 cm³/mol. The molecule has 2 heterocycles. The van der Waals surface area contributed by atoms with Gasteiger partial charge in [-0.1, -0.05) is 11.6 Å². The van der Waals surface area contributed by atoms with Crippen molar-refractivity contribution in [3.63, 3.8) is 0 Å². The lowest BCUT2D eigenvalue weighted by Crippen LogP contribution is -1.96. The van der Waals surface area contributed by atoms with Crippen LogP contribution in [-0.2, 0) is 0 Å². The fraction of sp³-hybridized carbons (Fsp3) is 0. The minimum absolute atomic E-state index is 0.580. The van der Waals surface area contributed by atoms with Crippen molar-refractivity contribution in [3.8, 4) is 0 Å². The molecule has 0 aliphatic heterocycles. The van der Waals surface area contributed by atoms with E-state index in [1.54, 1.807) is 12.3 Å². The highest BCUT2D eigenvalue weighted by Crippen LogP contribution is 2.34. The summed E-state index contributed by atoms with van der Waals surface area (Å²) in [6.45, 7) is 0. The molecule has 96 valence electrons. The standard InChI is InChI=1S/C11H5Br2ClN4S/c12-5-3-6(13)11(15-4-5)16-9-7(14)1-2-8-10(9)18-19-17-8/h1-4H,(H,15,16). The van der Waals surface area contributed by atoms with Crippen LogP contribution in [-0.4, -0.2) is 13.7 Å². The first-order valence-corrected chi connectivity index (χ1v) is 7.83. The summed E-state index contributed by atoms with van der Waals surface area (Å²) in [4.78, 5) is 4.30. The minimum atomic E-state index is 0.580. The number of nitrogens with zero attached hydrogens (tertiary/aromatic N) is 3. The Morgan fingerprint density at radius 2 is 2.05 bits per heavy atom. The first-order valence-electron chi connectivity index (χ1n) is 5.14. The SMILES string of the molecule is Clc1ccc2nsnc2c1Nc1ncc(Br)cc1Br. The van der Waals surface area contributed by atoms with E-state index in [1.165, 1.54) is 0 Å². The number of nitrogens with one attached hydrogen (secondary N) is 1. The van der Waals surface area contributed by atoms with Gasteiger partial charge in [0.05, 0.1) is 26.9 Å². The number of aromatic nitrogens is 3. The van der Waals surface area contributed by atoms with Gasteiger partial charge in [-0.05, 0) is 50.1 Å². The van der Waals surface area contributed by atoms with Crippen molar-refractivity contribution >= 4 is 77.7 Å². The van der Waals surface area contributed by atoms with E-state index >= 15 is 0 Å². The minimum Gasteiger partial charge on any atom is -0.336 e. The zero-order chi connectivity index (χ0) is 13.4. The molecule has 3 aromatic rings. The Balaban J connectivity index is 2.10. The maximum absolute atomic E-state index is 6.22. The first-order chi connectivity index (χ1) is 9.15. The Hall–Kier alpha value is -0.760. The normalized spacial score (nSPS) is 10.9. The monoisotopic (exact) mass is 418 g/mol. The molecule has 0 aliphatic rings. The van der Waals surface area contributed by atoms with Crippen molar-refractivity contribution in [2.24, 2.45) is 0 Å². The highest BCUT2D eigenvalue weighted by molar-refractivity contribution is 9.11. The lowest BCUT2D eigenvalue weighted by atomic mass is 10.2. The second-order valence-electron chi connectivity index (χ2n) is 3.66. The molecule has 8 heteroatoms. The van der Waals surface area contributed by atoms with Crippen LogP contribution in [0, 0.1) is 0 Å². The number of hydrogen-bond donors (Lipinski definition) is 1. The molecule has 3 rings (SSSR count). The molecular formula is C11H5Br2ClN4S. The average Bonchev–Trinajstić information content (AvgIpc) is 2.84. The van der Waals surface area contributed by atoms with Crippen LogP contribution in [0.15, 0.2) is 33.3 Å². The van der Waals surface area contributed by atoms with E-state index in [1.807, 2.05) is 12.1 Å². The van der Waals surface area contributed by atoms with Gasteiger partial charge in [-0.25, -0.2) is 4.98 Å². The topological polar surface area (TPSA) is 50.7 Å². The lowest BCUT2D eigenvalue weighted by molar-refractivity contribution is 1.28. The van der Waals surface area contributed by atoms with Gasteiger partial charge in [-0.3, -0.25) is 0 Å². The number of rotatable bonds is 2. The molecule has 1 N–H and O–H groups in total. The van der Waals surface area contributed by atoms with Crippen LogP contribution in [0.5, 0.6) is 0 Å². The second kappa shape index (κ2) is 5.32. The van der Waals surface area contributed by atoms with E-state index < -0.39 is 0 Å². The van der Waals surface area contributed by atoms with Crippen LogP contribution in [0.4, 0.5) is 11.5 Å². The van der Waals surface area contributed by atoms with E-state index in [0.717, 1.165) is 31.7 Å². The van der Waals surface area contributed by atoms with E-state index in [9.17, 15) is 0 Å². The van der Waals surface area contributed by atoms with Gasteiger partial charge in [0.25, 0.3) is 0 Å². The third-order valence-corrected chi connectivity index (χ3v) is 4.32. The summed E-state index contributed by atoms with van der Waals surface area (Å²) < 4.78 is 10.2. The molecule has 4 nitrogen and oxygen atoms in total. The smallest absolute Gasteiger partial charge is 0.144 e. The quantitative estimate of drug-likeness (QED) is 0.633. The molecule has 1 aromatic carbocycles. The zero-order valence-electron chi connectivity index (χ0n) is 9.19. The predicted octanol–water partition coefficient (Wildman–Crippen LogP) is 5.01. The van der Waals surface area contributed by atoms with Crippen LogP contribution >= 0.6 is 55.2 Å². The van der Waals surface area contributed by atoms with E-state index in [4.69, 9.17) is 11.6 Å². The first kappa shape index (κ1) is 13.2. The number of fused-ring (bicyclic) bond motifs is 1. The maximum atomic E-state index is 6.22. The third kappa shape index (κ3) is 2.60. The summed E-state index contributed by atoms with van der Waals surface area (Å²) in [5, 5.41) is 3.77. The van der Waals surface area contributed by atoms with Gasteiger partial charge in [0, 0.05) is 10.7 Å². The molecule has 0 amide bonds. The van der Waals surface area contributed by atoms with Gasteiger partial charge in [-0.2, -0.15) is 8.75 Å². The van der Waals surface area contributed by atoms with Gasteiger partial charge >= 0.3 is 0 Å². The average molecular weight is 421 g/mol. The molecule has 19 heavy (non-hydrogen) atoms. The number of hydrogen-bond acceptors (Lipinski definition) is 5. The van der Waals surface area contributed by atoms with Crippen LogP contribution in [0.1, 0.15) is 0 Å². The Morgan fingerprint density at radius 3 is 2.84 bits per heavy atom. The molecule has 2 aromatic heterocycles. The van der Waals surface area contributed by atoms with Gasteiger partial charge in [0.1, 0.15) is 16.9 Å². The lowest BCUT2D eigenvalue weighted by Gasteiger charge is -2.09. The highest BCUT2D eigenvalue weighted by atomic mass is 79.9. The second-order valence-corrected chi connectivity index (χ2v) is 6.37. The van der Waals surface area contributed by atoms with Crippen molar-refractivity contribution < 1.29 is 0 Å². The van der Waals surface area contributed by atoms with Crippen molar-refractivity contribution in [2.75, 3.05) is 5.32 Å². The molecule has 0 saturated carbocycles. The van der Waals surface area contributed by atoms with Crippen molar-refractivity contribution in [1.82, 2.24) is 13.7 Å². The summed E-state index contributed by atoms with van der Waals surface area (Å²) in [7, 11) is 0. The summed E-state index contributed by atoms with van der Waals surface area (Å²) >= 11 is 14.2. The Kier molecular flexibility index (Phi) is 3.70. The van der Waals surface area contributed by atoms with E-state index in [2.05, 4.69) is 50.9 Å². The van der Waals surface area contributed by atoms with Gasteiger partial charge in [0.2, 0.25) is 0 Å². The molecular weight excluding hydrogens is 415 g/mol. The molecule has 0 fully saturated rings. The summed E-state index contributed by atoms with van der Waals surface area (Å²) in [6, 6.07) is 5.54. The number of anilines is 2. The zero-order valence-corrected chi connectivity index (χ0v) is 13.9. The molecule has 0 bridgehead atoms. The van der Waals surface area contributed by atoms with E-state index in [0.29, 0.717) is 16.5 Å². The Bertz CT molecular complexity index is 762. The molecule has 0 atom stereocenters. The number of pyridine rings is 1. The van der Waals surface area contributed by atoms with Gasteiger partial charge < -0.3 is 5.32 Å². The summed E-state index contributed by atoms with van der Waals surface area (Å²) in [5.74, 6) is 0.672. The van der Waals surface area contributed by atoms with Crippen molar-refractivity contribution in [2.45, 2.75) is 0 Å².